The summed E-state index contributed by atoms with van der Waals surface area (Å²) in [6.45, 7) is 2.30. The van der Waals surface area contributed by atoms with E-state index in [0.717, 1.165) is 36.6 Å². The summed E-state index contributed by atoms with van der Waals surface area (Å²) < 4.78 is 10.9. The number of benzene rings is 1. The number of hydrogen-bond acceptors (Lipinski definition) is 4. The highest BCUT2D eigenvalue weighted by Gasteiger charge is 2.28. The predicted octanol–water partition coefficient (Wildman–Crippen LogP) is 1.46. The average Bonchev–Trinajstić information content (AvgIpc) is 2.96. The van der Waals surface area contributed by atoms with Gasteiger partial charge in [-0.2, -0.15) is 0 Å². The largest absolute Gasteiger partial charge is 0.497 e. The van der Waals surface area contributed by atoms with E-state index in [1.165, 1.54) is 12.8 Å². The minimum atomic E-state index is -0.104. The number of methoxy groups -OCH3 is 1. The van der Waals surface area contributed by atoms with E-state index in [2.05, 4.69) is 17.3 Å². The molecule has 0 aliphatic carbocycles. The molecule has 0 unspecified atom stereocenters. The van der Waals surface area contributed by atoms with Gasteiger partial charge in [-0.3, -0.25) is 4.79 Å². The van der Waals surface area contributed by atoms with E-state index in [1.807, 2.05) is 18.2 Å². The molecule has 1 amide bonds. The standard InChI is InChI=1S/C17H24N2O3/c1-19-7-3-4-14(19)10-18-17(20)13-8-12-5-6-15(21-2)9-16(12)22-11-13/h5-6,9,13-14H,3-4,7-8,10-11H2,1-2H3,(H,18,20)/t13-,14-/m0/s1. The van der Waals surface area contributed by atoms with Crippen LogP contribution in [-0.4, -0.2) is 50.7 Å². The van der Waals surface area contributed by atoms with Crippen LogP contribution in [0, 0.1) is 5.92 Å². The normalized spacial score (nSPS) is 24.5. The molecule has 22 heavy (non-hydrogen) atoms. The number of ether oxygens (including phenoxy) is 2. The second-order valence-corrected chi connectivity index (χ2v) is 6.21. The van der Waals surface area contributed by atoms with Crippen LogP contribution in [0.1, 0.15) is 18.4 Å². The average molecular weight is 304 g/mol. The molecule has 1 aromatic carbocycles. The van der Waals surface area contributed by atoms with Crippen LogP contribution in [0.5, 0.6) is 11.5 Å². The fourth-order valence-electron chi connectivity index (χ4n) is 3.25. The van der Waals surface area contributed by atoms with Crippen molar-refractivity contribution < 1.29 is 14.3 Å². The van der Waals surface area contributed by atoms with Gasteiger partial charge in [0.25, 0.3) is 0 Å². The highest BCUT2D eigenvalue weighted by atomic mass is 16.5. The maximum atomic E-state index is 12.4. The Bertz CT molecular complexity index is 547. The summed E-state index contributed by atoms with van der Waals surface area (Å²) in [5, 5.41) is 3.09. The molecular weight excluding hydrogens is 280 g/mol. The van der Waals surface area contributed by atoms with E-state index in [-0.39, 0.29) is 11.8 Å². The van der Waals surface area contributed by atoms with Gasteiger partial charge in [-0.15, -0.1) is 0 Å². The zero-order chi connectivity index (χ0) is 15.5. The molecule has 2 heterocycles. The smallest absolute Gasteiger partial charge is 0.226 e. The molecule has 3 rings (SSSR count). The third kappa shape index (κ3) is 3.19. The first-order valence-corrected chi connectivity index (χ1v) is 7.95. The van der Waals surface area contributed by atoms with Crippen LogP contribution < -0.4 is 14.8 Å². The molecule has 5 heteroatoms. The molecule has 1 aromatic rings. The Balaban J connectivity index is 1.56. The van der Waals surface area contributed by atoms with Gasteiger partial charge in [0.2, 0.25) is 5.91 Å². The summed E-state index contributed by atoms with van der Waals surface area (Å²) in [7, 11) is 3.76. The van der Waals surface area contributed by atoms with E-state index in [9.17, 15) is 4.79 Å². The lowest BCUT2D eigenvalue weighted by Gasteiger charge is -2.26. The fourth-order valence-corrected chi connectivity index (χ4v) is 3.25. The van der Waals surface area contributed by atoms with Gasteiger partial charge in [0, 0.05) is 18.7 Å². The van der Waals surface area contributed by atoms with Crippen molar-refractivity contribution in [2.45, 2.75) is 25.3 Å². The van der Waals surface area contributed by atoms with Gasteiger partial charge >= 0.3 is 0 Å². The number of hydrogen-bond donors (Lipinski definition) is 1. The van der Waals surface area contributed by atoms with Gasteiger partial charge in [0.05, 0.1) is 13.0 Å². The van der Waals surface area contributed by atoms with Crippen LogP contribution in [-0.2, 0) is 11.2 Å². The molecule has 5 nitrogen and oxygen atoms in total. The molecule has 2 aliphatic rings. The van der Waals surface area contributed by atoms with E-state index < -0.39 is 0 Å². The molecule has 1 N–H and O–H groups in total. The molecule has 1 fully saturated rings. The van der Waals surface area contributed by atoms with Gasteiger partial charge in [-0.05, 0) is 44.5 Å². The van der Waals surface area contributed by atoms with Gasteiger partial charge in [-0.25, -0.2) is 0 Å². The van der Waals surface area contributed by atoms with Gasteiger partial charge in [0.1, 0.15) is 18.1 Å². The monoisotopic (exact) mass is 304 g/mol. The van der Waals surface area contributed by atoms with Crippen LogP contribution in [0.2, 0.25) is 0 Å². The zero-order valence-corrected chi connectivity index (χ0v) is 13.3. The molecule has 0 bridgehead atoms. The van der Waals surface area contributed by atoms with Crippen LogP contribution in [0.3, 0.4) is 0 Å². The maximum absolute atomic E-state index is 12.4. The van der Waals surface area contributed by atoms with E-state index in [4.69, 9.17) is 9.47 Å². The summed E-state index contributed by atoms with van der Waals surface area (Å²) in [4.78, 5) is 14.7. The summed E-state index contributed by atoms with van der Waals surface area (Å²) in [5.41, 5.74) is 1.07. The molecule has 0 spiro atoms. The number of likely N-dealkylation sites (N-methyl/N-ethyl adjacent to an activating group) is 1. The van der Waals surface area contributed by atoms with Crippen molar-refractivity contribution >= 4 is 5.91 Å². The van der Waals surface area contributed by atoms with Crippen molar-refractivity contribution in [2.75, 3.05) is 33.9 Å². The number of amides is 1. The number of fused-ring (bicyclic) bond motifs is 1. The molecule has 0 aromatic heterocycles. The Morgan fingerprint density at radius 1 is 1.50 bits per heavy atom. The Kier molecular flexibility index (Phi) is 4.52. The minimum Gasteiger partial charge on any atom is -0.497 e. The summed E-state index contributed by atoms with van der Waals surface area (Å²) in [5.74, 6) is 1.61. The van der Waals surface area contributed by atoms with Crippen LogP contribution in [0.15, 0.2) is 18.2 Å². The van der Waals surface area contributed by atoms with Gasteiger partial charge in [-0.1, -0.05) is 6.07 Å². The van der Waals surface area contributed by atoms with E-state index in [0.29, 0.717) is 12.6 Å². The molecule has 2 aliphatic heterocycles. The van der Waals surface area contributed by atoms with Crippen molar-refractivity contribution in [3.8, 4) is 11.5 Å². The van der Waals surface area contributed by atoms with Crippen molar-refractivity contribution in [2.24, 2.45) is 5.92 Å². The predicted molar refractivity (Wildman–Crippen MR) is 84.3 cm³/mol. The number of nitrogens with one attached hydrogen (secondary N) is 1. The maximum Gasteiger partial charge on any atom is 0.226 e. The zero-order valence-electron chi connectivity index (χ0n) is 13.3. The number of likely N-dealkylation sites (tertiary alicyclic amines) is 1. The van der Waals surface area contributed by atoms with E-state index in [1.54, 1.807) is 7.11 Å². The Labute approximate surface area is 131 Å². The second kappa shape index (κ2) is 6.57. The van der Waals surface area contributed by atoms with Crippen molar-refractivity contribution in [1.82, 2.24) is 10.2 Å². The molecule has 2 atom stereocenters. The SMILES string of the molecule is COc1ccc2c(c1)OC[C@@H](C(=O)NC[C@@H]1CCCN1C)C2. The third-order valence-corrected chi connectivity index (χ3v) is 4.73. The first-order chi connectivity index (χ1) is 10.7. The Morgan fingerprint density at radius 2 is 2.36 bits per heavy atom. The third-order valence-electron chi connectivity index (χ3n) is 4.73. The summed E-state index contributed by atoms with van der Waals surface area (Å²) in [6.07, 6.45) is 3.12. The quantitative estimate of drug-likeness (QED) is 0.915. The summed E-state index contributed by atoms with van der Waals surface area (Å²) >= 11 is 0. The van der Waals surface area contributed by atoms with Crippen LogP contribution >= 0.6 is 0 Å². The first-order valence-electron chi connectivity index (χ1n) is 7.95. The van der Waals surface area contributed by atoms with Gasteiger partial charge < -0.3 is 19.7 Å². The molecular formula is C17H24N2O3. The minimum absolute atomic E-state index is 0.0989. The topological polar surface area (TPSA) is 50.8 Å². The van der Waals surface area contributed by atoms with E-state index >= 15 is 0 Å². The number of carbonyl (C=O) groups is 1. The molecule has 1 saturated heterocycles. The summed E-state index contributed by atoms with van der Waals surface area (Å²) in [6, 6.07) is 6.26. The Morgan fingerprint density at radius 3 is 3.09 bits per heavy atom. The number of rotatable bonds is 4. The number of carbonyl (C=O) groups excluding carboxylic acids is 1. The van der Waals surface area contributed by atoms with Crippen molar-refractivity contribution in [3.63, 3.8) is 0 Å². The lowest BCUT2D eigenvalue weighted by molar-refractivity contribution is -0.126. The van der Waals surface area contributed by atoms with Crippen LogP contribution in [0.25, 0.3) is 0 Å². The fraction of sp³-hybridized carbons (Fsp3) is 0.588. The van der Waals surface area contributed by atoms with Crippen LogP contribution in [0.4, 0.5) is 0 Å². The molecule has 0 saturated carbocycles. The second-order valence-electron chi connectivity index (χ2n) is 6.21. The lowest BCUT2D eigenvalue weighted by Crippen LogP contribution is -2.43. The highest BCUT2D eigenvalue weighted by Crippen LogP contribution is 2.31. The van der Waals surface area contributed by atoms with Gasteiger partial charge in [0.15, 0.2) is 0 Å². The highest BCUT2D eigenvalue weighted by molar-refractivity contribution is 5.79. The van der Waals surface area contributed by atoms with Crippen molar-refractivity contribution in [3.05, 3.63) is 23.8 Å². The lowest BCUT2D eigenvalue weighted by atomic mass is 9.96. The van der Waals surface area contributed by atoms with Crippen molar-refractivity contribution in [1.29, 1.82) is 0 Å². The Hall–Kier alpha value is -1.75. The molecule has 120 valence electrons. The number of nitrogens with zero attached hydrogens (tertiary/aromatic N) is 1. The molecule has 0 radical (unpaired) electrons. The first kappa shape index (κ1) is 15.2.